The number of alkyl carbamates (subject to hydrolysis) is 1. The van der Waals surface area contributed by atoms with E-state index in [-0.39, 0.29) is 0 Å². The van der Waals surface area contributed by atoms with E-state index >= 15 is 0 Å². The number of nitrogens with one attached hydrogen (secondary N) is 1. The van der Waals surface area contributed by atoms with Gasteiger partial charge in [0.05, 0.1) is 0 Å². The predicted molar refractivity (Wildman–Crippen MR) is 86.9 cm³/mol. The highest BCUT2D eigenvalue weighted by Crippen LogP contribution is 2.11. The lowest BCUT2D eigenvalue weighted by Crippen LogP contribution is -2.51. The zero-order valence-corrected chi connectivity index (χ0v) is 15.6. The Morgan fingerprint density at radius 1 is 0.913 bits per heavy atom. The summed E-state index contributed by atoms with van der Waals surface area (Å²) in [5.74, 6) is -0.910. The number of carbonyl (C=O) groups is 3. The second kappa shape index (κ2) is 7.66. The van der Waals surface area contributed by atoms with Crippen LogP contribution in [0.3, 0.4) is 0 Å². The van der Waals surface area contributed by atoms with E-state index in [0.717, 1.165) is 0 Å². The molecule has 0 unspecified atom stereocenters. The summed E-state index contributed by atoms with van der Waals surface area (Å²) in [4.78, 5) is 37.3. The fourth-order valence-corrected chi connectivity index (χ4v) is 1.59. The van der Waals surface area contributed by atoms with Crippen molar-refractivity contribution in [2.75, 3.05) is 7.05 Å². The molecule has 2 atom stereocenters. The summed E-state index contributed by atoms with van der Waals surface area (Å²) in [6.45, 7) is 13.6. The van der Waals surface area contributed by atoms with Crippen LogP contribution in [0.15, 0.2) is 0 Å². The quantitative estimate of drug-likeness (QED) is 0.798. The molecule has 2 amide bonds. The number of rotatable bonds is 4. The summed E-state index contributed by atoms with van der Waals surface area (Å²) in [5, 5.41) is 2.45. The Labute approximate surface area is 138 Å². The molecule has 0 aliphatic carbocycles. The standard InChI is InChI=1S/C16H30N2O5/c1-10(17-14(21)23-16(6,7)8)12(19)18(9)11(2)13(20)22-15(3,4)5/h10-11H,1-9H3,(H,17,21)/t10-,11-/m0/s1. The first kappa shape index (κ1) is 21.2. The topological polar surface area (TPSA) is 84.9 Å². The van der Waals surface area contributed by atoms with Crippen molar-refractivity contribution in [1.82, 2.24) is 10.2 Å². The van der Waals surface area contributed by atoms with Gasteiger partial charge in [0.25, 0.3) is 0 Å². The average molecular weight is 330 g/mol. The predicted octanol–water partition coefficient (Wildman–Crippen LogP) is 2.09. The number of nitrogens with zero attached hydrogens (tertiary/aromatic N) is 1. The summed E-state index contributed by atoms with van der Waals surface area (Å²) in [5.41, 5.74) is -1.28. The Hall–Kier alpha value is -1.79. The van der Waals surface area contributed by atoms with Crippen LogP contribution in [0, 0.1) is 0 Å². The Morgan fingerprint density at radius 3 is 1.74 bits per heavy atom. The molecule has 7 heteroatoms. The maximum absolute atomic E-state index is 12.3. The molecular formula is C16H30N2O5. The molecule has 0 spiro atoms. The minimum atomic E-state index is -0.820. The summed E-state index contributed by atoms with van der Waals surface area (Å²) < 4.78 is 10.4. The van der Waals surface area contributed by atoms with Gasteiger partial charge in [0, 0.05) is 7.05 Å². The normalized spacial score (nSPS) is 14.5. The average Bonchev–Trinajstić information content (AvgIpc) is 2.31. The van der Waals surface area contributed by atoms with Crippen molar-refractivity contribution >= 4 is 18.0 Å². The van der Waals surface area contributed by atoms with Gasteiger partial charge in [-0.15, -0.1) is 0 Å². The van der Waals surface area contributed by atoms with Crippen molar-refractivity contribution in [2.45, 2.75) is 78.7 Å². The van der Waals surface area contributed by atoms with Crippen LogP contribution in [0.1, 0.15) is 55.4 Å². The Bertz CT molecular complexity index is 448. The number of hydrogen-bond donors (Lipinski definition) is 1. The minimum Gasteiger partial charge on any atom is -0.458 e. The summed E-state index contributed by atoms with van der Waals surface area (Å²) in [6.07, 6.45) is -0.684. The summed E-state index contributed by atoms with van der Waals surface area (Å²) in [7, 11) is 1.49. The highest BCUT2D eigenvalue weighted by molar-refractivity contribution is 5.89. The lowest BCUT2D eigenvalue weighted by molar-refractivity contribution is -0.163. The van der Waals surface area contributed by atoms with Gasteiger partial charge in [-0.25, -0.2) is 9.59 Å². The highest BCUT2D eigenvalue weighted by atomic mass is 16.6. The SMILES string of the molecule is C[C@H](NC(=O)OC(C)(C)C)C(=O)N(C)[C@@H](C)C(=O)OC(C)(C)C. The number of carbonyl (C=O) groups excluding carboxylic acids is 3. The number of ether oxygens (including phenoxy) is 2. The van der Waals surface area contributed by atoms with Gasteiger partial charge in [0.2, 0.25) is 5.91 Å². The molecule has 0 aliphatic rings. The molecule has 0 saturated heterocycles. The van der Waals surface area contributed by atoms with Gasteiger partial charge >= 0.3 is 12.1 Å². The number of esters is 1. The number of hydrogen-bond acceptors (Lipinski definition) is 5. The van der Waals surface area contributed by atoms with Crippen LogP contribution in [0.25, 0.3) is 0 Å². The van der Waals surface area contributed by atoms with Crippen molar-refractivity contribution in [2.24, 2.45) is 0 Å². The maximum atomic E-state index is 12.3. The van der Waals surface area contributed by atoms with Gasteiger partial charge in [0.1, 0.15) is 23.3 Å². The van der Waals surface area contributed by atoms with Gasteiger partial charge in [-0.3, -0.25) is 4.79 Å². The van der Waals surface area contributed by atoms with E-state index in [9.17, 15) is 14.4 Å². The second-order valence-electron chi connectivity index (χ2n) is 7.53. The first-order valence-corrected chi connectivity index (χ1v) is 7.63. The second-order valence-corrected chi connectivity index (χ2v) is 7.53. The highest BCUT2D eigenvalue weighted by Gasteiger charge is 2.30. The zero-order valence-electron chi connectivity index (χ0n) is 15.6. The van der Waals surface area contributed by atoms with E-state index in [2.05, 4.69) is 5.32 Å². The molecule has 0 aromatic heterocycles. The minimum absolute atomic E-state index is 0.408. The zero-order chi connectivity index (χ0) is 18.6. The third-order valence-electron chi connectivity index (χ3n) is 2.78. The van der Waals surface area contributed by atoms with Crippen molar-refractivity contribution in [3.63, 3.8) is 0 Å². The van der Waals surface area contributed by atoms with E-state index in [1.807, 2.05) is 0 Å². The smallest absolute Gasteiger partial charge is 0.408 e. The molecule has 0 fully saturated rings. The molecule has 0 aliphatic heterocycles. The molecule has 0 rings (SSSR count). The Kier molecular flexibility index (Phi) is 7.06. The van der Waals surface area contributed by atoms with Crippen LogP contribution < -0.4 is 5.32 Å². The molecular weight excluding hydrogens is 300 g/mol. The molecule has 0 aromatic rings. The van der Waals surface area contributed by atoms with E-state index in [4.69, 9.17) is 9.47 Å². The van der Waals surface area contributed by atoms with Gasteiger partial charge < -0.3 is 19.7 Å². The van der Waals surface area contributed by atoms with Gasteiger partial charge in [0.15, 0.2) is 0 Å². The van der Waals surface area contributed by atoms with Crippen LogP contribution in [-0.2, 0) is 19.1 Å². The third kappa shape index (κ3) is 8.42. The fraction of sp³-hybridized carbons (Fsp3) is 0.812. The summed E-state index contributed by atoms with van der Waals surface area (Å²) >= 11 is 0. The first-order valence-electron chi connectivity index (χ1n) is 7.63. The molecule has 0 saturated carbocycles. The lowest BCUT2D eigenvalue weighted by atomic mass is 10.2. The third-order valence-corrected chi connectivity index (χ3v) is 2.78. The molecule has 1 N–H and O–H groups in total. The molecule has 0 bridgehead atoms. The molecule has 0 aromatic carbocycles. The lowest BCUT2D eigenvalue weighted by Gasteiger charge is -2.29. The molecule has 134 valence electrons. The Morgan fingerprint density at radius 2 is 1.35 bits per heavy atom. The molecule has 0 heterocycles. The monoisotopic (exact) mass is 330 g/mol. The molecule has 0 radical (unpaired) electrons. The molecule has 7 nitrogen and oxygen atoms in total. The Balaban J connectivity index is 4.69. The molecule has 23 heavy (non-hydrogen) atoms. The van der Waals surface area contributed by atoms with E-state index in [0.29, 0.717) is 0 Å². The number of amides is 2. The van der Waals surface area contributed by atoms with Crippen molar-refractivity contribution < 1.29 is 23.9 Å². The van der Waals surface area contributed by atoms with E-state index < -0.39 is 41.3 Å². The van der Waals surface area contributed by atoms with Gasteiger partial charge in [-0.05, 0) is 55.4 Å². The van der Waals surface area contributed by atoms with Crippen LogP contribution >= 0.6 is 0 Å². The van der Waals surface area contributed by atoms with Crippen LogP contribution in [0.2, 0.25) is 0 Å². The number of likely N-dealkylation sites (N-methyl/N-ethyl adjacent to an activating group) is 1. The largest absolute Gasteiger partial charge is 0.458 e. The summed E-state index contributed by atoms with van der Waals surface area (Å²) in [6, 6.07) is -1.58. The van der Waals surface area contributed by atoms with Gasteiger partial charge in [-0.2, -0.15) is 0 Å². The van der Waals surface area contributed by atoms with Gasteiger partial charge in [-0.1, -0.05) is 0 Å². The van der Waals surface area contributed by atoms with Crippen molar-refractivity contribution in [3.8, 4) is 0 Å². The van der Waals surface area contributed by atoms with Crippen molar-refractivity contribution in [1.29, 1.82) is 0 Å². The van der Waals surface area contributed by atoms with Crippen LogP contribution in [0.5, 0.6) is 0 Å². The van der Waals surface area contributed by atoms with Crippen molar-refractivity contribution in [3.05, 3.63) is 0 Å². The fourth-order valence-electron chi connectivity index (χ4n) is 1.59. The van der Waals surface area contributed by atoms with Crippen LogP contribution in [-0.4, -0.2) is 53.2 Å². The van der Waals surface area contributed by atoms with E-state index in [1.54, 1.807) is 48.5 Å². The first-order chi connectivity index (χ1) is 10.1. The maximum Gasteiger partial charge on any atom is 0.408 e. The van der Waals surface area contributed by atoms with Crippen LogP contribution in [0.4, 0.5) is 4.79 Å². The van der Waals surface area contributed by atoms with E-state index in [1.165, 1.54) is 18.9 Å².